The van der Waals surface area contributed by atoms with Crippen LogP contribution >= 0.6 is 0 Å². The average molecular weight is 278 g/mol. The summed E-state index contributed by atoms with van der Waals surface area (Å²) in [6.45, 7) is 8.87. The van der Waals surface area contributed by atoms with Crippen LogP contribution in [-0.2, 0) is 0 Å². The van der Waals surface area contributed by atoms with Crippen molar-refractivity contribution in [1.29, 1.82) is 0 Å². The molecule has 0 aromatic carbocycles. The van der Waals surface area contributed by atoms with Gasteiger partial charge in [0.15, 0.2) is 0 Å². The Morgan fingerprint density at radius 2 is 1.75 bits per heavy atom. The molecule has 0 spiro atoms. The smallest absolute Gasteiger partial charge is 0.0195 e. The zero-order valence-corrected chi connectivity index (χ0v) is 13.6. The Labute approximate surface area is 125 Å². The van der Waals surface area contributed by atoms with Gasteiger partial charge in [-0.25, -0.2) is 0 Å². The first-order chi connectivity index (χ1) is 9.74. The normalized spacial score (nSPS) is 35.1. The van der Waals surface area contributed by atoms with Crippen LogP contribution in [0.2, 0.25) is 0 Å². The largest absolute Gasteiger partial charge is 0.313 e. The van der Waals surface area contributed by atoms with Crippen LogP contribution in [-0.4, -0.2) is 36.6 Å². The van der Waals surface area contributed by atoms with E-state index >= 15 is 0 Å². The van der Waals surface area contributed by atoms with Crippen LogP contribution in [0.5, 0.6) is 0 Å². The van der Waals surface area contributed by atoms with E-state index < -0.39 is 0 Å². The van der Waals surface area contributed by atoms with Crippen LogP contribution in [0.4, 0.5) is 0 Å². The Kier molecular flexibility index (Phi) is 5.04. The van der Waals surface area contributed by atoms with Crippen molar-refractivity contribution in [3.8, 4) is 0 Å². The third kappa shape index (κ3) is 3.76. The highest BCUT2D eigenvalue weighted by molar-refractivity contribution is 4.91. The van der Waals surface area contributed by atoms with Crippen molar-refractivity contribution in [2.75, 3.05) is 19.6 Å². The van der Waals surface area contributed by atoms with Crippen molar-refractivity contribution in [1.82, 2.24) is 10.2 Å². The maximum atomic E-state index is 3.72. The molecule has 20 heavy (non-hydrogen) atoms. The molecular weight excluding hydrogens is 244 g/mol. The quantitative estimate of drug-likeness (QED) is 0.797. The third-order valence-electron chi connectivity index (χ3n) is 5.91. The van der Waals surface area contributed by atoms with E-state index in [1.807, 2.05) is 0 Å². The van der Waals surface area contributed by atoms with Crippen LogP contribution in [0.1, 0.15) is 65.2 Å². The van der Waals surface area contributed by atoms with Gasteiger partial charge in [0.1, 0.15) is 0 Å². The van der Waals surface area contributed by atoms with Gasteiger partial charge in [-0.05, 0) is 62.8 Å². The van der Waals surface area contributed by atoms with Crippen molar-refractivity contribution >= 4 is 0 Å². The Morgan fingerprint density at radius 1 is 0.950 bits per heavy atom. The van der Waals surface area contributed by atoms with Gasteiger partial charge in [0, 0.05) is 25.2 Å². The second kappa shape index (κ2) is 6.79. The lowest BCUT2D eigenvalue weighted by Gasteiger charge is -2.43. The average Bonchev–Trinajstić information content (AvgIpc) is 3.12. The molecule has 0 aromatic rings. The summed E-state index contributed by atoms with van der Waals surface area (Å²) in [5, 5.41) is 3.72. The van der Waals surface area contributed by atoms with Gasteiger partial charge in [0.05, 0.1) is 0 Å². The number of nitrogens with one attached hydrogen (secondary N) is 1. The molecule has 2 heteroatoms. The Bertz CT molecular complexity index is 292. The van der Waals surface area contributed by atoms with E-state index in [0.717, 1.165) is 29.8 Å². The molecule has 3 rings (SSSR count). The number of rotatable bonds is 6. The lowest BCUT2D eigenvalue weighted by atomic mass is 9.77. The van der Waals surface area contributed by atoms with E-state index in [0.29, 0.717) is 0 Å². The lowest BCUT2D eigenvalue weighted by Crippen LogP contribution is -2.49. The second-order valence-electron chi connectivity index (χ2n) is 7.95. The minimum Gasteiger partial charge on any atom is -0.313 e. The van der Waals surface area contributed by atoms with Crippen LogP contribution in [0.3, 0.4) is 0 Å². The molecule has 3 unspecified atom stereocenters. The zero-order chi connectivity index (χ0) is 13.9. The Balaban J connectivity index is 1.64. The molecule has 3 atom stereocenters. The standard InChI is InChI=1S/C18H34N2/c1-14(2)17-7-3-4-8-18(17)20(12-15-9-10-15)13-16-6-5-11-19-16/h14-19H,3-13H2,1-2H3. The predicted octanol–water partition coefficient (Wildman–Crippen LogP) is 3.67. The molecule has 2 saturated carbocycles. The highest BCUT2D eigenvalue weighted by Gasteiger charge is 2.36. The predicted molar refractivity (Wildman–Crippen MR) is 85.9 cm³/mol. The monoisotopic (exact) mass is 278 g/mol. The first-order valence-electron chi connectivity index (χ1n) is 9.21. The highest BCUT2D eigenvalue weighted by atomic mass is 15.2. The van der Waals surface area contributed by atoms with E-state index in [-0.39, 0.29) is 0 Å². The molecule has 3 fully saturated rings. The van der Waals surface area contributed by atoms with Gasteiger partial charge in [0.25, 0.3) is 0 Å². The van der Waals surface area contributed by atoms with Crippen molar-refractivity contribution in [3.05, 3.63) is 0 Å². The fourth-order valence-corrected chi connectivity index (χ4v) is 4.54. The number of hydrogen-bond donors (Lipinski definition) is 1. The first-order valence-corrected chi connectivity index (χ1v) is 9.21. The Hall–Kier alpha value is -0.0800. The molecular formula is C18H34N2. The highest BCUT2D eigenvalue weighted by Crippen LogP contribution is 2.37. The maximum Gasteiger partial charge on any atom is 0.0195 e. The summed E-state index contributed by atoms with van der Waals surface area (Å²) in [4.78, 5) is 2.92. The molecule has 0 aromatic heterocycles. The first kappa shape index (κ1) is 14.8. The summed E-state index contributed by atoms with van der Waals surface area (Å²) < 4.78 is 0. The van der Waals surface area contributed by atoms with E-state index in [2.05, 4.69) is 24.1 Å². The molecule has 116 valence electrons. The van der Waals surface area contributed by atoms with E-state index in [1.165, 1.54) is 71.0 Å². The number of nitrogens with zero attached hydrogens (tertiary/aromatic N) is 1. The van der Waals surface area contributed by atoms with Crippen molar-refractivity contribution in [3.63, 3.8) is 0 Å². The Morgan fingerprint density at radius 3 is 2.40 bits per heavy atom. The molecule has 1 saturated heterocycles. The minimum atomic E-state index is 0.781. The van der Waals surface area contributed by atoms with Crippen molar-refractivity contribution in [2.24, 2.45) is 17.8 Å². The second-order valence-corrected chi connectivity index (χ2v) is 7.95. The fourth-order valence-electron chi connectivity index (χ4n) is 4.54. The van der Waals surface area contributed by atoms with Gasteiger partial charge in [-0.15, -0.1) is 0 Å². The van der Waals surface area contributed by atoms with Crippen LogP contribution in [0.15, 0.2) is 0 Å². The van der Waals surface area contributed by atoms with Crippen LogP contribution in [0.25, 0.3) is 0 Å². The van der Waals surface area contributed by atoms with E-state index in [4.69, 9.17) is 0 Å². The topological polar surface area (TPSA) is 15.3 Å². The van der Waals surface area contributed by atoms with Crippen molar-refractivity contribution < 1.29 is 0 Å². The van der Waals surface area contributed by atoms with Gasteiger partial charge in [-0.2, -0.15) is 0 Å². The van der Waals surface area contributed by atoms with E-state index in [1.54, 1.807) is 0 Å². The van der Waals surface area contributed by atoms with Crippen LogP contribution in [0, 0.1) is 17.8 Å². The lowest BCUT2D eigenvalue weighted by molar-refractivity contribution is 0.0679. The molecule has 0 bridgehead atoms. The van der Waals surface area contributed by atoms with Gasteiger partial charge in [-0.3, -0.25) is 4.90 Å². The zero-order valence-electron chi connectivity index (χ0n) is 13.6. The molecule has 1 aliphatic heterocycles. The van der Waals surface area contributed by atoms with Crippen molar-refractivity contribution in [2.45, 2.75) is 77.3 Å². The van der Waals surface area contributed by atoms with Crippen LogP contribution < -0.4 is 5.32 Å². The summed E-state index contributed by atoms with van der Waals surface area (Å²) in [6.07, 6.45) is 11.6. The molecule has 3 aliphatic rings. The number of hydrogen-bond acceptors (Lipinski definition) is 2. The van der Waals surface area contributed by atoms with Gasteiger partial charge >= 0.3 is 0 Å². The van der Waals surface area contributed by atoms with Gasteiger partial charge in [-0.1, -0.05) is 26.7 Å². The summed E-state index contributed by atoms with van der Waals surface area (Å²) in [6, 6.07) is 1.66. The third-order valence-corrected chi connectivity index (χ3v) is 5.91. The molecule has 2 nitrogen and oxygen atoms in total. The molecule has 1 heterocycles. The molecule has 0 radical (unpaired) electrons. The maximum absolute atomic E-state index is 3.72. The van der Waals surface area contributed by atoms with E-state index in [9.17, 15) is 0 Å². The van der Waals surface area contributed by atoms with Gasteiger partial charge < -0.3 is 5.32 Å². The SMILES string of the molecule is CC(C)C1CCCCC1N(CC1CC1)CC1CCCN1. The molecule has 1 N–H and O–H groups in total. The van der Waals surface area contributed by atoms with Gasteiger partial charge in [0.2, 0.25) is 0 Å². The summed E-state index contributed by atoms with van der Waals surface area (Å²) >= 11 is 0. The summed E-state index contributed by atoms with van der Waals surface area (Å²) in [5.41, 5.74) is 0. The fraction of sp³-hybridized carbons (Fsp3) is 1.00. The molecule has 0 amide bonds. The molecule has 2 aliphatic carbocycles. The summed E-state index contributed by atoms with van der Waals surface area (Å²) in [7, 11) is 0. The minimum absolute atomic E-state index is 0.781. The summed E-state index contributed by atoms with van der Waals surface area (Å²) in [5.74, 6) is 2.84.